The molecule has 2 aliphatic rings. The summed E-state index contributed by atoms with van der Waals surface area (Å²) in [5.41, 5.74) is 1.09. The monoisotopic (exact) mass is 249 g/mol. The minimum atomic E-state index is -0.861. The van der Waals surface area contributed by atoms with Gasteiger partial charge in [0.15, 0.2) is 5.76 Å². The van der Waals surface area contributed by atoms with Crippen molar-refractivity contribution in [3.05, 3.63) is 17.0 Å². The van der Waals surface area contributed by atoms with Crippen molar-refractivity contribution < 1.29 is 14.4 Å². The summed E-state index contributed by atoms with van der Waals surface area (Å²) in [6.07, 6.45) is 8.88. The Hall–Kier alpha value is -1.32. The molecule has 0 radical (unpaired) electrons. The van der Waals surface area contributed by atoms with E-state index in [1.165, 1.54) is 25.7 Å². The lowest BCUT2D eigenvalue weighted by Gasteiger charge is -2.08. The Kier molecular flexibility index (Phi) is 3.10. The molecule has 0 bridgehead atoms. The molecule has 4 heteroatoms. The Morgan fingerprint density at radius 3 is 2.17 bits per heavy atom. The summed E-state index contributed by atoms with van der Waals surface area (Å²) in [6.45, 7) is 0. The zero-order valence-electron chi connectivity index (χ0n) is 10.5. The van der Waals surface area contributed by atoms with Crippen molar-refractivity contribution in [1.29, 1.82) is 0 Å². The van der Waals surface area contributed by atoms with Crippen LogP contribution in [-0.2, 0) is 0 Å². The molecule has 2 saturated carbocycles. The van der Waals surface area contributed by atoms with Crippen molar-refractivity contribution in [3.63, 3.8) is 0 Å². The van der Waals surface area contributed by atoms with Crippen LogP contribution in [0, 0.1) is 0 Å². The van der Waals surface area contributed by atoms with E-state index in [1.807, 2.05) is 0 Å². The van der Waals surface area contributed by atoms with Gasteiger partial charge < -0.3 is 9.63 Å². The van der Waals surface area contributed by atoms with Crippen molar-refractivity contribution >= 4 is 5.97 Å². The molecule has 0 saturated heterocycles. The maximum Gasteiger partial charge on any atom is 0.341 e. The topological polar surface area (TPSA) is 63.3 Å². The first-order valence-electron chi connectivity index (χ1n) is 7.00. The van der Waals surface area contributed by atoms with E-state index in [2.05, 4.69) is 5.16 Å². The highest BCUT2D eigenvalue weighted by Crippen LogP contribution is 2.41. The first kappa shape index (κ1) is 11.8. The first-order chi connectivity index (χ1) is 8.77. The van der Waals surface area contributed by atoms with E-state index in [-0.39, 0.29) is 5.92 Å². The summed E-state index contributed by atoms with van der Waals surface area (Å²) in [6, 6.07) is 0. The number of aromatic nitrogens is 1. The first-order valence-corrected chi connectivity index (χ1v) is 7.00. The molecule has 98 valence electrons. The summed E-state index contributed by atoms with van der Waals surface area (Å²) >= 11 is 0. The zero-order chi connectivity index (χ0) is 12.5. The molecule has 2 aliphatic carbocycles. The second kappa shape index (κ2) is 4.75. The van der Waals surface area contributed by atoms with Crippen LogP contribution in [-0.4, -0.2) is 16.2 Å². The number of hydrogen-bond donors (Lipinski definition) is 1. The second-order valence-corrected chi connectivity index (χ2v) is 5.57. The predicted molar refractivity (Wildman–Crippen MR) is 65.9 cm³/mol. The molecule has 0 spiro atoms. The Morgan fingerprint density at radius 1 is 1.06 bits per heavy atom. The summed E-state index contributed by atoms with van der Waals surface area (Å²) in [5, 5.41) is 13.6. The number of carboxylic acids is 1. The lowest BCUT2D eigenvalue weighted by atomic mass is 9.94. The molecular weight excluding hydrogens is 230 g/mol. The molecule has 2 fully saturated rings. The van der Waals surface area contributed by atoms with Crippen molar-refractivity contribution in [1.82, 2.24) is 5.16 Å². The molecule has 3 rings (SSSR count). The zero-order valence-corrected chi connectivity index (χ0v) is 10.5. The lowest BCUT2D eigenvalue weighted by molar-refractivity contribution is 0.0692. The fourth-order valence-electron chi connectivity index (χ4n) is 3.48. The Labute approximate surface area is 106 Å². The predicted octanol–water partition coefficient (Wildman–Crippen LogP) is 3.69. The summed E-state index contributed by atoms with van der Waals surface area (Å²) in [4.78, 5) is 11.5. The highest BCUT2D eigenvalue weighted by atomic mass is 16.5. The highest BCUT2D eigenvalue weighted by Gasteiger charge is 2.33. The molecule has 1 aromatic rings. The van der Waals surface area contributed by atoms with E-state index in [4.69, 9.17) is 4.52 Å². The van der Waals surface area contributed by atoms with Crippen LogP contribution in [0.25, 0.3) is 0 Å². The number of carbonyl (C=O) groups is 1. The molecule has 1 heterocycles. The Morgan fingerprint density at radius 2 is 1.61 bits per heavy atom. The van der Waals surface area contributed by atoms with Crippen LogP contribution in [0.3, 0.4) is 0 Å². The molecule has 18 heavy (non-hydrogen) atoms. The summed E-state index contributed by atoms with van der Waals surface area (Å²) < 4.78 is 5.42. The van der Waals surface area contributed by atoms with Crippen LogP contribution in [0.2, 0.25) is 0 Å². The molecule has 4 nitrogen and oxygen atoms in total. The van der Waals surface area contributed by atoms with Gasteiger partial charge in [0.25, 0.3) is 0 Å². The van der Waals surface area contributed by atoms with Crippen LogP contribution in [0.4, 0.5) is 0 Å². The van der Waals surface area contributed by atoms with E-state index in [0.29, 0.717) is 22.9 Å². The van der Waals surface area contributed by atoms with Crippen LogP contribution >= 0.6 is 0 Å². The molecule has 0 amide bonds. The fourth-order valence-corrected chi connectivity index (χ4v) is 3.48. The molecule has 0 aliphatic heterocycles. The third-order valence-corrected chi connectivity index (χ3v) is 4.43. The van der Waals surface area contributed by atoms with Gasteiger partial charge in [-0.05, 0) is 25.7 Å². The molecule has 1 aromatic heterocycles. The minimum absolute atomic E-state index is 0.277. The van der Waals surface area contributed by atoms with Gasteiger partial charge in [-0.15, -0.1) is 0 Å². The van der Waals surface area contributed by atoms with Gasteiger partial charge in [0.2, 0.25) is 0 Å². The lowest BCUT2D eigenvalue weighted by Crippen LogP contribution is -2.07. The number of carboxylic acid groups (broad SMARTS) is 1. The standard InChI is InChI=1S/C14H19NO3/c16-14(17)11-12(9-5-1-2-6-9)15-18-13(11)10-7-3-4-8-10/h9-10H,1-8H2,(H,16,17). The van der Waals surface area contributed by atoms with Crippen LogP contribution in [0.1, 0.15) is 85.0 Å². The van der Waals surface area contributed by atoms with Gasteiger partial charge in [-0.2, -0.15) is 0 Å². The van der Waals surface area contributed by atoms with Gasteiger partial charge in [0.05, 0.1) is 0 Å². The largest absolute Gasteiger partial charge is 0.477 e. The van der Waals surface area contributed by atoms with Crippen molar-refractivity contribution in [3.8, 4) is 0 Å². The molecule has 0 unspecified atom stereocenters. The number of rotatable bonds is 3. The summed E-state index contributed by atoms with van der Waals surface area (Å²) in [5.74, 6) is 0.357. The molecular formula is C14H19NO3. The van der Waals surface area contributed by atoms with Crippen LogP contribution in [0.5, 0.6) is 0 Å². The average molecular weight is 249 g/mol. The van der Waals surface area contributed by atoms with Gasteiger partial charge in [-0.1, -0.05) is 30.8 Å². The maximum atomic E-state index is 11.5. The quantitative estimate of drug-likeness (QED) is 0.887. The Balaban J connectivity index is 1.96. The Bertz CT molecular complexity index is 406. The van der Waals surface area contributed by atoms with E-state index in [9.17, 15) is 9.90 Å². The van der Waals surface area contributed by atoms with Crippen molar-refractivity contribution in [2.24, 2.45) is 0 Å². The van der Waals surface area contributed by atoms with Gasteiger partial charge in [0.1, 0.15) is 11.3 Å². The van der Waals surface area contributed by atoms with E-state index < -0.39 is 5.97 Å². The maximum absolute atomic E-state index is 11.5. The molecule has 0 aromatic carbocycles. The SMILES string of the molecule is O=C(O)c1c(C2CCCC2)noc1C1CCCC1. The fraction of sp³-hybridized carbons (Fsp3) is 0.714. The van der Waals surface area contributed by atoms with Gasteiger partial charge >= 0.3 is 5.97 Å². The highest BCUT2D eigenvalue weighted by molar-refractivity contribution is 5.90. The molecule has 1 N–H and O–H groups in total. The van der Waals surface area contributed by atoms with Crippen LogP contribution in [0.15, 0.2) is 4.52 Å². The van der Waals surface area contributed by atoms with E-state index in [1.54, 1.807) is 0 Å². The van der Waals surface area contributed by atoms with Gasteiger partial charge in [-0.3, -0.25) is 0 Å². The van der Waals surface area contributed by atoms with E-state index in [0.717, 1.165) is 25.7 Å². The van der Waals surface area contributed by atoms with E-state index >= 15 is 0 Å². The van der Waals surface area contributed by atoms with Gasteiger partial charge in [0, 0.05) is 11.8 Å². The van der Waals surface area contributed by atoms with Crippen molar-refractivity contribution in [2.45, 2.75) is 63.2 Å². The molecule has 0 atom stereocenters. The second-order valence-electron chi connectivity index (χ2n) is 5.57. The average Bonchev–Trinajstić information content (AvgIpc) is 3.10. The number of nitrogens with zero attached hydrogens (tertiary/aromatic N) is 1. The van der Waals surface area contributed by atoms with Gasteiger partial charge in [-0.25, -0.2) is 4.79 Å². The number of aromatic carboxylic acids is 1. The number of hydrogen-bond acceptors (Lipinski definition) is 3. The van der Waals surface area contributed by atoms with Crippen molar-refractivity contribution in [2.75, 3.05) is 0 Å². The minimum Gasteiger partial charge on any atom is -0.477 e. The smallest absolute Gasteiger partial charge is 0.341 e. The third-order valence-electron chi connectivity index (χ3n) is 4.43. The normalized spacial score (nSPS) is 21.8. The third kappa shape index (κ3) is 1.93. The summed E-state index contributed by atoms with van der Waals surface area (Å²) in [7, 11) is 0. The van der Waals surface area contributed by atoms with Crippen LogP contribution < -0.4 is 0 Å².